The highest BCUT2D eigenvalue weighted by Crippen LogP contribution is 2.32. The molecular weight excluding hydrogens is 240 g/mol. The number of hydrogen-bond acceptors (Lipinski definition) is 4. The molecule has 0 aliphatic rings. The van der Waals surface area contributed by atoms with Crippen LogP contribution in [0.1, 0.15) is 5.56 Å². The maximum Gasteiger partial charge on any atom is 0.416 e. The van der Waals surface area contributed by atoms with Crippen molar-refractivity contribution in [1.82, 2.24) is 0 Å². The first-order valence-electron chi connectivity index (χ1n) is 3.44. The van der Waals surface area contributed by atoms with Crippen molar-refractivity contribution in [3.05, 3.63) is 29.6 Å². The van der Waals surface area contributed by atoms with Gasteiger partial charge in [-0.3, -0.25) is 5.04 Å². The van der Waals surface area contributed by atoms with E-state index in [2.05, 4.69) is 9.37 Å². The Hall–Kier alpha value is -0.830. The van der Waals surface area contributed by atoms with Crippen molar-refractivity contribution in [3.8, 4) is 0 Å². The Bertz CT molecular complexity index is 341. The van der Waals surface area contributed by atoms with E-state index in [1.54, 1.807) is 0 Å². The molecule has 0 saturated carbocycles. The van der Waals surface area contributed by atoms with Crippen molar-refractivity contribution in [2.75, 3.05) is 0 Å². The van der Waals surface area contributed by atoms with Gasteiger partial charge in [0.1, 0.15) is 5.82 Å². The summed E-state index contributed by atoms with van der Waals surface area (Å²) in [6.45, 7) is 0. The summed E-state index contributed by atoms with van der Waals surface area (Å²) >= 11 is 0.190. The number of hydrogen-bond donors (Lipinski definition) is 0. The second kappa shape index (κ2) is 4.79. The van der Waals surface area contributed by atoms with Gasteiger partial charge in [-0.25, -0.2) is 4.39 Å². The van der Waals surface area contributed by atoms with Gasteiger partial charge in [-0.2, -0.15) is 17.5 Å². The molecule has 0 radical (unpaired) electrons. The lowest BCUT2D eigenvalue weighted by Gasteiger charge is -2.09. The largest absolute Gasteiger partial charge is 0.691 e. The fraction of sp³-hybridized carbons (Fsp3) is 0.143. The molecule has 0 saturated heterocycles. The van der Waals surface area contributed by atoms with Crippen LogP contribution in [0.4, 0.5) is 17.6 Å². The average Bonchev–Trinajstić information content (AvgIpc) is 2.12. The van der Waals surface area contributed by atoms with Crippen LogP contribution < -0.4 is 5.26 Å². The second-order valence-corrected chi connectivity index (χ2v) is 3.17. The van der Waals surface area contributed by atoms with Crippen LogP contribution in [-0.2, 0) is 15.5 Å². The third-order valence-corrected chi connectivity index (χ3v) is 1.91. The van der Waals surface area contributed by atoms with Crippen LogP contribution in [0, 0.1) is 5.82 Å². The van der Waals surface area contributed by atoms with E-state index < -0.39 is 17.6 Å². The molecule has 3 nitrogen and oxygen atoms in total. The molecule has 8 heteroatoms. The van der Waals surface area contributed by atoms with Gasteiger partial charge in [0.25, 0.3) is 0 Å². The van der Waals surface area contributed by atoms with Gasteiger partial charge in [-0.15, -0.1) is 0 Å². The van der Waals surface area contributed by atoms with Crippen molar-refractivity contribution in [3.63, 3.8) is 0 Å². The number of alkyl halides is 3. The van der Waals surface area contributed by atoms with Crippen LogP contribution in [0.25, 0.3) is 0 Å². The van der Waals surface area contributed by atoms with E-state index in [0.717, 1.165) is 6.07 Å². The van der Waals surface area contributed by atoms with Gasteiger partial charge < -0.3 is 5.26 Å². The minimum Gasteiger partial charge on any atom is -0.691 e. The summed E-state index contributed by atoms with van der Waals surface area (Å²) in [7, 11) is 0. The van der Waals surface area contributed by atoms with Gasteiger partial charge in [0.05, 0.1) is 17.6 Å². The zero-order valence-electron chi connectivity index (χ0n) is 6.88. The highest BCUT2D eigenvalue weighted by atomic mass is 32.2. The highest BCUT2D eigenvalue weighted by molar-refractivity contribution is 7.94. The Morgan fingerprint density at radius 3 is 2.40 bits per heavy atom. The summed E-state index contributed by atoms with van der Waals surface area (Å²) in [5.41, 5.74) is -1.17. The zero-order chi connectivity index (χ0) is 11.5. The van der Waals surface area contributed by atoms with E-state index in [-0.39, 0.29) is 16.9 Å². The fourth-order valence-electron chi connectivity index (χ4n) is 0.828. The van der Waals surface area contributed by atoms with E-state index in [1.807, 2.05) is 0 Å². The molecule has 0 heterocycles. The topological polar surface area (TPSA) is 41.5 Å². The summed E-state index contributed by atoms with van der Waals surface area (Å²) in [6.07, 6.45) is -4.66. The lowest BCUT2D eigenvalue weighted by atomic mass is 10.2. The number of benzene rings is 1. The molecule has 0 fully saturated rings. The average molecular weight is 243 g/mol. The maximum absolute atomic E-state index is 12.7. The van der Waals surface area contributed by atoms with Gasteiger partial charge in [-0.05, 0) is 18.2 Å². The van der Waals surface area contributed by atoms with Gasteiger partial charge >= 0.3 is 6.18 Å². The molecular formula is C7H3F4O3S-. The Labute approximate surface area is 85.7 Å². The molecule has 15 heavy (non-hydrogen) atoms. The first-order chi connectivity index (χ1) is 6.93. The van der Waals surface area contributed by atoms with Crippen LogP contribution in [0.5, 0.6) is 0 Å². The number of rotatable bonds is 3. The lowest BCUT2D eigenvalue weighted by Crippen LogP contribution is -2.06. The monoisotopic (exact) mass is 243 g/mol. The molecule has 0 amide bonds. The molecule has 0 spiro atoms. The highest BCUT2D eigenvalue weighted by Gasteiger charge is 2.31. The van der Waals surface area contributed by atoms with Crippen LogP contribution in [0.2, 0.25) is 0 Å². The van der Waals surface area contributed by atoms with Crippen molar-refractivity contribution in [2.45, 2.75) is 11.1 Å². The molecule has 0 aromatic heterocycles. The SMILES string of the molecule is [O-]OOSc1cc(F)cc(C(F)(F)F)c1. The normalized spacial score (nSPS) is 11.8. The van der Waals surface area contributed by atoms with Crippen LogP contribution in [0.15, 0.2) is 23.1 Å². The molecule has 1 rings (SSSR count). The first-order valence-corrected chi connectivity index (χ1v) is 4.18. The Morgan fingerprint density at radius 2 is 1.87 bits per heavy atom. The minimum atomic E-state index is -4.66. The molecule has 0 atom stereocenters. The van der Waals surface area contributed by atoms with Crippen molar-refractivity contribution in [1.29, 1.82) is 0 Å². The Balaban J connectivity index is 2.95. The van der Waals surface area contributed by atoms with Crippen molar-refractivity contribution in [2.24, 2.45) is 0 Å². The van der Waals surface area contributed by atoms with E-state index >= 15 is 0 Å². The molecule has 0 unspecified atom stereocenters. The van der Waals surface area contributed by atoms with Crippen LogP contribution >= 0.6 is 12.0 Å². The molecule has 0 aliphatic carbocycles. The summed E-state index contributed by atoms with van der Waals surface area (Å²) in [5, 5.41) is 12.3. The van der Waals surface area contributed by atoms with Gasteiger partial charge in [0, 0.05) is 4.90 Å². The van der Waals surface area contributed by atoms with Crippen molar-refractivity contribution >= 4 is 12.0 Å². The lowest BCUT2D eigenvalue weighted by molar-refractivity contribution is -0.777. The molecule has 0 N–H and O–H groups in total. The van der Waals surface area contributed by atoms with E-state index in [0.29, 0.717) is 12.1 Å². The van der Waals surface area contributed by atoms with Crippen LogP contribution in [-0.4, -0.2) is 0 Å². The molecule has 1 aromatic carbocycles. The van der Waals surface area contributed by atoms with E-state index in [4.69, 9.17) is 0 Å². The Kier molecular flexibility index (Phi) is 3.91. The standard InChI is InChI=1S/C7H4F4O3S/c8-5-1-4(7(9,10)11)2-6(3-5)15-14-13-12/h1-3,12H/p-1. The maximum atomic E-state index is 12.7. The quantitative estimate of drug-likeness (QED) is 0.353. The van der Waals surface area contributed by atoms with Gasteiger partial charge in [0.15, 0.2) is 0 Å². The van der Waals surface area contributed by atoms with Gasteiger partial charge in [-0.1, -0.05) is 0 Å². The second-order valence-electron chi connectivity index (χ2n) is 2.39. The molecule has 0 bridgehead atoms. The smallest absolute Gasteiger partial charge is 0.416 e. The third-order valence-electron chi connectivity index (χ3n) is 1.36. The minimum absolute atomic E-state index is 0.190. The van der Waals surface area contributed by atoms with E-state index in [1.165, 1.54) is 0 Å². The molecule has 84 valence electrons. The molecule has 0 aliphatic heterocycles. The predicted molar refractivity (Wildman–Crippen MR) is 39.4 cm³/mol. The van der Waals surface area contributed by atoms with Crippen LogP contribution in [0.3, 0.4) is 0 Å². The van der Waals surface area contributed by atoms with Gasteiger partial charge in [0.2, 0.25) is 0 Å². The summed E-state index contributed by atoms with van der Waals surface area (Å²) in [6, 6.07) is 1.74. The predicted octanol–water partition coefficient (Wildman–Crippen LogP) is 2.08. The summed E-state index contributed by atoms with van der Waals surface area (Å²) in [5.74, 6) is -1.08. The summed E-state index contributed by atoms with van der Waals surface area (Å²) < 4.78 is 52.9. The zero-order valence-corrected chi connectivity index (χ0v) is 7.69. The summed E-state index contributed by atoms with van der Waals surface area (Å²) in [4.78, 5) is -0.224. The van der Waals surface area contributed by atoms with E-state index in [9.17, 15) is 22.8 Å². The third kappa shape index (κ3) is 3.67. The fourth-order valence-corrected chi connectivity index (χ4v) is 1.27. The first kappa shape index (κ1) is 12.2. The molecule has 1 aromatic rings. The van der Waals surface area contributed by atoms with Crippen molar-refractivity contribution < 1.29 is 32.2 Å². The number of halogens is 4. The Morgan fingerprint density at radius 1 is 1.20 bits per heavy atom.